The minimum Gasteiger partial charge on any atom is -0.488 e. The number of hydrogen-bond donors (Lipinski definition) is 1. The van der Waals surface area contributed by atoms with Crippen molar-refractivity contribution in [3.05, 3.63) is 107 Å². The molecule has 0 saturated carbocycles. The normalized spacial score (nSPS) is 16.1. The van der Waals surface area contributed by atoms with Gasteiger partial charge in [-0.2, -0.15) is 26.3 Å². The monoisotopic (exact) mass is 507 g/mol. The van der Waals surface area contributed by atoms with Crippen LogP contribution < -0.4 is 14.8 Å². The largest absolute Gasteiger partial charge is 0.488 e. The van der Waals surface area contributed by atoms with Gasteiger partial charge in [0.15, 0.2) is 0 Å². The van der Waals surface area contributed by atoms with Crippen LogP contribution in [0.15, 0.2) is 78.9 Å². The number of hydrogen-bond acceptors (Lipinski definition) is 3. The third-order valence-corrected chi connectivity index (χ3v) is 5.81. The van der Waals surface area contributed by atoms with Crippen LogP contribution in [-0.4, -0.2) is 6.54 Å². The highest BCUT2D eigenvalue weighted by molar-refractivity contribution is 5.41. The maximum Gasteiger partial charge on any atom is 0.419 e. The van der Waals surface area contributed by atoms with Crippen molar-refractivity contribution in [2.75, 3.05) is 6.54 Å². The van der Waals surface area contributed by atoms with Gasteiger partial charge in [0.2, 0.25) is 0 Å². The summed E-state index contributed by atoms with van der Waals surface area (Å²) < 4.78 is 91.6. The average Bonchev–Trinajstić information content (AvgIpc) is 2.86. The second-order valence-electron chi connectivity index (χ2n) is 8.22. The Kier molecular flexibility index (Phi) is 7.59. The zero-order valence-electron chi connectivity index (χ0n) is 19.0. The summed E-state index contributed by atoms with van der Waals surface area (Å²) in [5.74, 6) is -0.596. The summed E-state index contributed by atoms with van der Waals surface area (Å²) in [5.41, 5.74) is 0.202. The number of benzene rings is 3. The molecule has 3 nitrogen and oxygen atoms in total. The van der Waals surface area contributed by atoms with Crippen LogP contribution in [0.1, 0.15) is 40.3 Å². The molecule has 1 aliphatic heterocycles. The highest BCUT2D eigenvalue weighted by atomic mass is 19.4. The lowest BCUT2D eigenvalue weighted by molar-refractivity contribution is -0.139. The lowest BCUT2D eigenvalue weighted by atomic mass is 9.92. The number of alkyl halides is 6. The molecule has 0 bridgehead atoms. The van der Waals surface area contributed by atoms with Crippen molar-refractivity contribution in [3.63, 3.8) is 0 Å². The Bertz CT molecular complexity index is 1140. The molecule has 1 unspecified atom stereocenters. The van der Waals surface area contributed by atoms with E-state index in [0.717, 1.165) is 17.7 Å². The number of halogens is 6. The van der Waals surface area contributed by atoms with Crippen molar-refractivity contribution in [2.24, 2.45) is 0 Å². The Morgan fingerprint density at radius 3 is 1.61 bits per heavy atom. The van der Waals surface area contributed by atoms with Crippen molar-refractivity contribution in [2.45, 2.75) is 38.0 Å². The van der Waals surface area contributed by atoms with Crippen LogP contribution in [0.4, 0.5) is 26.3 Å². The summed E-state index contributed by atoms with van der Waals surface area (Å²) in [6, 6.07) is 14.9. The molecule has 1 atom stereocenters. The van der Waals surface area contributed by atoms with Crippen molar-refractivity contribution in [3.8, 4) is 11.5 Å². The van der Waals surface area contributed by atoms with Crippen molar-refractivity contribution < 1.29 is 35.8 Å². The Morgan fingerprint density at radius 2 is 1.17 bits per heavy atom. The van der Waals surface area contributed by atoms with Gasteiger partial charge in [-0.05, 0) is 47.4 Å². The van der Waals surface area contributed by atoms with E-state index in [1.54, 1.807) is 18.2 Å². The van der Waals surface area contributed by atoms with Gasteiger partial charge in [-0.1, -0.05) is 54.6 Å². The summed E-state index contributed by atoms with van der Waals surface area (Å²) in [6.45, 7) is 0.266. The van der Waals surface area contributed by atoms with Crippen LogP contribution in [-0.2, 0) is 25.6 Å². The van der Waals surface area contributed by atoms with Crippen LogP contribution >= 0.6 is 0 Å². The van der Waals surface area contributed by atoms with Crippen molar-refractivity contribution >= 4 is 0 Å². The van der Waals surface area contributed by atoms with Gasteiger partial charge in [-0.3, -0.25) is 0 Å². The molecule has 0 fully saturated rings. The molecule has 3 aromatic carbocycles. The van der Waals surface area contributed by atoms with Gasteiger partial charge in [-0.25, -0.2) is 0 Å². The predicted octanol–water partition coefficient (Wildman–Crippen LogP) is 7.47. The fourth-order valence-electron chi connectivity index (χ4n) is 4.16. The summed E-state index contributed by atoms with van der Waals surface area (Å²) in [7, 11) is 0. The highest BCUT2D eigenvalue weighted by Crippen LogP contribution is 2.38. The van der Waals surface area contributed by atoms with Gasteiger partial charge in [0.25, 0.3) is 0 Å². The first kappa shape index (κ1) is 25.6. The van der Waals surface area contributed by atoms with E-state index < -0.39 is 23.5 Å². The second-order valence-corrected chi connectivity index (χ2v) is 8.22. The Labute approximate surface area is 204 Å². The highest BCUT2D eigenvalue weighted by Gasteiger charge is 2.35. The first-order chi connectivity index (χ1) is 17.1. The summed E-state index contributed by atoms with van der Waals surface area (Å²) in [5, 5.41) is 3.33. The number of ether oxygens (including phenoxy) is 2. The van der Waals surface area contributed by atoms with Crippen LogP contribution in [0.2, 0.25) is 0 Å². The molecule has 9 heteroatoms. The zero-order valence-corrected chi connectivity index (χ0v) is 19.0. The summed E-state index contributed by atoms with van der Waals surface area (Å²) in [6.07, 6.45) is -4.62. The maximum absolute atomic E-state index is 13.4. The van der Waals surface area contributed by atoms with Crippen LogP contribution in [0.3, 0.4) is 0 Å². The minimum absolute atomic E-state index is 0.155. The first-order valence-corrected chi connectivity index (χ1v) is 11.2. The van der Waals surface area contributed by atoms with Crippen LogP contribution in [0.5, 0.6) is 11.5 Å². The van der Waals surface area contributed by atoms with E-state index in [2.05, 4.69) is 5.32 Å². The fourth-order valence-corrected chi connectivity index (χ4v) is 4.16. The van der Waals surface area contributed by atoms with E-state index in [1.807, 2.05) is 12.2 Å². The molecule has 190 valence electrons. The van der Waals surface area contributed by atoms with E-state index in [9.17, 15) is 26.3 Å². The number of para-hydroxylation sites is 2. The van der Waals surface area contributed by atoms with Gasteiger partial charge in [0, 0.05) is 12.6 Å². The second kappa shape index (κ2) is 10.7. The van der Waals surface area contributed by atoms with Crippen LogP contribution in [0, 0.1) is 0 Å². The maximum atomic E-state index is 13.4. The molecule has 0 spiro atoms. The zero-order chi connectivity index (χ0) is 25.8. The molecule has 4 rings (SSSR count). The van der Waals surface area contributed by atoms with Crippen molar-refractivity contribution in [1.82, 2.24) is 5.32 Å². The van der Waals surface area contributed by atoms with E-state index in [0.29, 0.717) is 24.1 Å². The van der Waals surface area contributed by atoms with Gasteiger partial charge < -0.3 is 14.8 Å². The average molecular weight is 507 g/mol. The van der Waals surface area contributed by atoms with E-state index >= 15 is 0 Å². The van der Waals surface area contributed by atoms with Gasteiger partial charge in [0.1, 0.15) is 24.7 Å². The molecular formula is C27H23F6NO2. The third kappa shape index (κ3) is 6.02. The van der Waals surface area contributed by atoms with Gasteiger partial charge in [0.05, 0.1) is 11.1 Å². The first-order valence-electron chi connectivity index (χ1n) is 11.2. The topological polar surface area (TPSA) is 30.5 Å². The molecule has 1 N–H and O–H groups in total. The quantitative estimate of drug-likeness (QED) is 0.266. The van der Waals surface area contributed by atoms with E-state index in [1.165, 1.54) is 36.4 Å². The molecule has 0 amide bonds. The molecule has 0 saturated heterocycles. The summed E-state index contributed by atoms with van der Waals surface area (Å²) >= 11 is 0. The Hall–Kier alpha value is -3.46. The Morgan fingerprint density at radius 1 is 0.667 bits per heavy atom. The predicted molar refractivity (Wildman–Crippen MR) is 122 cm³/mol. The number of nitrogens with one attached hydrogen (secondary N) is 1. The molecule has 1 aliphatic rings. The molecule has 0 aromatic heterocycles. The van der Waals surface area contributed by atoms with Crippen LogP contribution in [0.25, 0.3) is 0 Å². The third-order valence-electron chi connectivity index (χ3n) is 5.81. The standard InChI is InChI=1S/C27H23F6NO2/c28-26(29,30)20-10-1-3-13-23(20)35-16-18-8-7-9-19(25(18)22-12-5-6-15-34-22)17-36-24-14-4-2-11-21(24)27(31,32)33/h1-11,13-14,22,34H,12,15-17H2. The lowest BCUT2D eigenvalue weighted by Crippen LogP contribution is -2.26. The molecule has 1 heterocycles. The molecule has 0 aliphatic carbocycles. The lowest BCUT2D eigenvalue weighted by Gasteiger charge is -2.26. The molecular weight excluding hydrogens is 484 g/mol. The van der Waals surface area contributed by atoms with Crippen molar-refractivity contribution in [1.29, 1.82) is 0 Å². The SMILES string of the molecule is FC(F)(F)c1ccccc1OCc1cccc(COc2ccccc2C(F)(F)F)c1C1CC=CCN1. The summed E-state index contributed by atoms with van der Waals surface area (Å²) in [4.78, 5) is 0. The van der Waals surface area contributed by atoms with E-state index in [4.69, 9.17) is 9.47 Å². The Balaban J connectivity index is 1.63. The number of rotatable bonds is 7. The smallest absolute Gasteiger partial charge is 0.419 e. The fraction of sp³-hybridized carbons (Fsp3) is 0.259. The molecule has 0 radical (unpaired) electrons. The van der Waals surface area contributed by atoms with Gasteiger partial charge in [-0.15, -0.1) is 0 Å². The molecule has 36 heavy (non-hydrogen) atoms. The minimum atomic E-state index is -4.57. The molecule has 3 aromatic rings. The van der Waals surface area contributed by atoms with E-state index in [-0.39, 0.29) is 30.8 Å². The van der Waals surface area contributed by atoms with Gasteiger partial charge >= 0.3 is 12.4 Å².